The van der Waals surface area contributed by atoms with E-state index in [0.29, 0.717) is 12.1 Å². The standard InChI is InChI=1S/C14H20N2O3/c1-18-14(17)12-4-2-11(3-5-12)9-16-6-7-19-13(8-15)10-16/h2-5,13H,6-10,15H2,1H3. The molecular formula is C14H20N2O3. The zero-order chi connectivity index (χ0) is 13.7. The summed E-state index contributed by atoms with van der Waals surface area (Å²) < 4.78 is 10.2. The molecule has 0 bridgehead atoms. The fourth-order valence-corrected chi connectivity index (χ4v) is 2.19. The van der Waals surface area contributed by atoms with Crippen molar-refractivity contribution < 1.29 is 14.3 Å². The summed E-state index contributed by atoms with van der Waals surface area (Å²) in [6, 6.07) is 7.50. The highest BCUT2D eigenvalue weighted by Crippen LogP contribution is 2.11. The van der Waals surface area contributed by atoms with Gasteiger partial charge in [0, 0.05) is 26.2 Å². The van der Waals surface area contributed by atoms with E-state index in [9.17, 15) is 4.79 Å². The van der Waals surface area contributed by atoms with E-state index in [2.05, 4.69) is 9.64 Å². The molecule has 5 heteroatoms. The van der Waals surface area contributed by atoms with Crippen LogP contribution in [0.15, 0.2) is 24.3 Å². The Balaban J connectivity index is 1.94. The summed E-state index contributed by atoms with van der Waals surface area (Å²) in [6.07, 6.45) is 0.128. The number of hydrogen-bond donors (Lipinski definition) is 1. The number of nitrogens with two attached hydrogens (primary N) is 1. The smallest absolute Gasteiger partial charge is 0.337 e. The van der Waals surface area contributed by atoms with Crippen molar-refractivity contribution in [2.45, 2.75) is 12.6 Å². The van der Waals surface area contributed by atoms with E-state index in [1.54, 1.807) is 12.1 Å². The summed E-state index contributed by atoms with van der Waals surface area (Å²) in [6.45, 7) is 3.89. The SMILES string of the molecule is COC(=O)c1ccc(CN2CCOC(CN)C2)cc1. The average Bonchev–Trinajstić information content (AvgIpc) is 2.47. The summed E-state index contributed by atoms with van der Waals surface area (Å²) in [7, 11) is 1.39. The summed E-state index contributed by atoms with van der Waals surface area (Å²) in [5.41, 5.74) is 7.37. The molecule has 0 amide bonds. The van der Waals surface area contributed by atoms with Gasteiger partial charge in [-0.05, 0) is 17.7 Å². The normalized spacial score (nSPS) is 20.2. The molecule has 1 aliphatic heterocycles. The number of hydrogen-bond acceptors (Lipinski definition) is 5. The number of carbonyl (C=O) groups is 1. The van der Waals surface area contributed by atoms with Gasteiger partial charge in [-0.25, -0.2) is 4.79 Å². The Bertz CT molecular complexity index is 419. The van der Waals surface area contributed by atoms with Gasteiger partial charge in [0.25, 0.3) is 0 Å². The molecule has 0 aliphatic carbocycles. The van der Waals surface area contributed by atoms with Gasteiger partial charge in [0.2, 0.25) is 0 Å². The molecule has 1 unspecified atom stereocenters. The second-order valence-corrected chi connectivity index (χ2v) is 4.65. The van der Waals surface area contributed by atoms with Gasteiger partial charge in [0.1, 0.15) is 0 Å². The molecular weight excluding hydrogens is 244 g/mol. The molecule has 0 radical (unpaired) electrons. The maximum atomic E-state index is 11.3. The summed E-state index contributed by atoms with van der Waals surface area (Å²) in [5, 5.41) is 0. The van der Waals surface area contributed by atoms with Crippen molar-refractivity contribution in [2.24, 2.45) is 5.73 Å². The van der Waals surface area contributed by atoms with Crippen molar-refractivity contribution in [3.8, 4) is 0 Å². The van der Waals surface area contributed by atoms with Crippen molar-refractivity contribution in [3.05, 3.63) is 35.4 Å². The number of rotatable bonds is 4. The zero-order valence-electron chi connectivity index (χ0n) is 11.2. The molecule has 1 aromatic carbocycles. The lowest BCUT2D eigenvalue weighted by Crippen LogP contribution is -2.45. The number of ether oxygens (including phenoxy) is 2. The van der Waals surface area contributed by atoms with Gasteiger partial charge in [0.15, 0.2) is 0 Å². The molecule has 0 saturated carbocycles. The van der Waals surface area contributed by atoms with Gasteiger partial charge in [-0.3, -0.25) is 4.90 Å². The fraction of sp³-hybridized carbons (Fsp3) is 0.500. The highest BCUT2D eigenvalue weighted by atomic mass is 16.5. The predicted molar refractivity (Wildman–Crippen MR) is 71.9 cm³/mol. The van der Waals surface area contributed by atoms with Crippen LogP contribution < -0.4 is 5.73 Å². The lowest BCUT2D eigenvalue weighted by molar-refractivity contribution is -0.0260. The number of benzene rings is 1. The van der Waals surface area contributed by atoms with Crippen LogP contribution >= 0.6 is 0 Å². The monoisotopic (exact) mass is 264 g/mol. The van der Waals surface area contributed by atoms with Gasteiger partial charge in [-0.15, -0.1) is 0 Å². The van der Waals surface area contributed by atoms with Gasteiger partial charge in [0.05, 0.1) is 25.4 Å². The van der Waals surface area contributed by atoms with E-state index in [0.717, 1.165) is 26.2 Å². The van der Waals surface area contributed by atoms with Gasteiger partial charge in [-0.1, -0.05) is 12.1 Å². The van der Waals surface area contributed by atoms with Crippen LogP contribution in [0.1, 0.15) is 15.9 Å². The van der Waals surface area contributed by atoms with Gasteiger partial charge in [-0.2, -0.15) is 0 Å². The second-order valence-electron chi connectivity index (χ2n) is 4.65. The summed E-state index contributed by atoms with van der Waals surface area (Å²) >= 11 is 0. The lowest BCUT2D eigenvalue weighted by Gasteiger charge is -2.32. The minimum atomic E-state index is -0.305. The Hall–Kier alpha value is -1.43. The predicted octanol–water partition coefficient (Wildman–Crippen LogP) is 0.633. The van der Waals surface area contributed by atoms with Crippen LogP contribution in [0.2, 0.25) is 0 Å². The molecule has 1 saturated heterocycles. The van der Waals surface area contributed by atoms with Crippen molar-refractivity contribution in [2.75, 3.05) is 33.4 Å². The van der Waals surface area contributed by atoms with Crippen molar-refractivity contribution in [1.29, 1.82) is 0 Å². The topological polar surface area (TPSA) is 64.8 Å². The minimum absolute atomic E-state index is 0.128. The van der Waals surface area contributed by atoms with Crippen LogP contribution in [0.25, 0.3) is 0 Å². The molecule has 1 aromatic rings. The summed E-state index contributed by atoms with van der Waals surface area (Å²) in [5.74, 6) is -0.305. The third kappa shape index (κ3) is 3.76. The van der Waals surface area contributed by atoms with Gasteiger partial charge >= 0.3 is 5.97 Å². The van der Waals surface area contributed by atoms with Crippen molar-refractivity contribution >= 4 is 5.97 Å². The largest absolute Gasteiger partial charge is 0.465 e. The molecule has 5 nitrogen and oxygen atoms in total. The third-order valence-electron chi connectivity index (χ3n) is 3.27. The van der Waals surface area contributed by atoms with E-state index in [1.807, 2.05) is 12.1 Å². The number of nitrogens with zero attached hydrogens (tertiary/aromatic N) is 1. The number of morpholine rings is 1. The van der Waals surface area contributed by atoms with Crippen LogP contribution in [-0.2, 0) is 16.0 Å². The van der Waals surface area contributed by atoms with Crippen molar-refractivity contribution in [1.82, 2.24) is 4.90 Å². The average molecular weight is 264 g/mol. The quantitative estimate of drug-likeness (QED) is 0.808. The Labute approximate surface area is 113 Å². The first kappa shape index (κ1) is 14.0. The molecule has 1 heterocycles. The Kier molecular flexibility index (Phi) is 4.90. The third-order valence-corrected chi connectivity index (χ3v) is 3.27. The number of carbonyl (C=O) groups excluding carboxylic acids is 1. The molecule has 1 atom stereocenters. The second kappa shape index (κ2) is 6.65. The van der Waals surface area contributed by atoms with Crippen LogP contribution in [0, 0.1) is 0 Å². The molecule has 19 heavy (non-hydrogen) atoms. The minimum Gasteiger partial charge on any atom is -0.465 e. The lowest BCUT2D eigenvalue weighted by atomic mass is 10.1. The van der Waals surface area contributed by atoms with Crippen LogP contribution in [0.3, 0.4) is 0 Å². The van der Waals surface area contributed by atoms with E-state index >= 15 is 0 Å². The highest BCUT2D eigenvalue weighted by molar-refractivity contribution is 5.89. The maximum Gasteiger partial charge on any atom is 0.337 e. The molecule has 1 aliphatic rings. The number of methoxy groups -OCH3 is 1. The Morgan fingerprint density at radius 2 is 2.21 bits per heavy atom. The molecule has 0 aromatic heterocycles. The van der Waals surface area contributed by atoms with E-state index in [-0.39, 0.29) is 12.1 Å². The molecule has 0 spiro atoms. The maximum absolute atomic E-state index is 11.3. The highest BCUT2D eigenvalue weighted by Gasteiger charge is 2.19. The van der Waals surface area contributed by atoms with Crippen molar-refractivity contribution in [3.63, 3.8) is 0 Å². The van der Waals surface area contributed by atoms with Crippen LogP contribution in [0.5, 0.6) is 0 Å². The molecule has 1 fully saturated rings. The Morgan fingerprint density at radius 1 is 1.47 bits per heavy atom. The summed E-state index contributed by atoms with van der Waals surface area (Å²) in [4.78, 5) is 13.6. The molecule has 104 valence electrons. The van der Waals surface area contributed by atoms with Gasteiger partial charge < -0.3 is 15.2 Å². The molecule has 2 rings (SSSR count). The fourth-order valence-electron chi connectivity index (χ4n) is 2.19. The van der Waals surface area contributed by atoms with E-state index in [4.69, 9.17) is 10.5 Å². The van der Waals surface area contributed by atoms with Crippen LogP contribution in [0.4, 0.5) is 0 Å². The van der Waals surface area contributed by atoms with E-state index < -0.39 is 0 Å². The zero-order valence-corrected chi connectivity index (χ0v) is 11.2. The first-order chi connectivity index (χ1) is 9.22. The van der Waals surface area contributed by atoms with E-state index in [1.165, 1.54) is 12.7 Å². The first-order valence-electron chi connectivity index (χ1n) is 6.44. The Morgan fingerprint density at radius 3 is 2.84 bits per heavy atom. The molecule has 2 N–H and O–H groups in total. The van der Waals surface area contributed by atoms with Crippen LogP contribution in [-0.4, -0.2) is 50.3 Å². The number of esters is 1. The first-order valence-corrected chi connectivity index (χ1v) is 6.44.